The monoisotopic (exact) mass is 816 g/mol. The van der Waals surface area contributed by atoms with Gasteiger partial charge in [-0.1, -0.05) is 23.7 Å². The van der Waals surface area contributed by atoms with E-state index in [9.17, 15) is 24.4 Å². The van der Waals surface area contributed by atoms with Crippen molar-refractivity contribution in [3.05, 3.63) is 46.9 Å². The Morgan fingerprint density at radius 2 is 1.84 bits per heavy atom. The Kier molecular flexibility index (Phi) is 11.7. The van der Waals surface area contributed by atoms with Gasteiger partial charge < -0.3 is 15.0 Å². The Labute approximate surface area is 342 Å². The largest absolute Gasteiger partial charge is 0.377 e. The summed E-state index contributed by atoms with van der Waals surface area (Å²) in [6, 6.07) is 9.48. The number of nitrogens with one attached hydrogen (secondary N) is 2. The van der Waals surface area contributed by atoms with E-state index in [0.717, 1.165) is 56.2 Å². The molecule has 1 aliphatic carbocycles. The van der Waals surface area contributed by atoms with Crippen LogP contribution in [0.3, 0.4) is 0 Å². The zero-order chi connectivity index (χ0) is 40.8. The third kappa shape index (κ3) is 8.00. The summed E-state index contributed by atoms with van der Waals surface area (Å²) < 4.78 is 8.09. The highest BCUT2D eigenvalue weighted by atomic mass is 35.5. The number of aryl methyl sites for hydroxylation is 1. The Hall–Kier alpha value is -4.53. The second-order valence-corrected chi connectivity index (χ2v) is 17.0. The minimum absolute atomic E-state index is 0.0856. The fraction of sp³-hybridized carbons (Fsp3) is 0.550. The van der Waals surface area contributed by atoms with E-state index in [4.69, 9.17) is 28.6 Å². The van der Waals surface area contributed by atoms with Crippen molar-refractivity contribution in [3.8, 4) is 6.07 Å². The van der Waals surface area contributed by atoms with Crippen molar-refractivity contribution in [3.63, 3.8) is 0 Å². The maximum Gasteiger partial charge on any atom is 0.258 e. The van der Waals surface area contributed by atoms with E-state index in [1.807, 2.05) is 38.1 Å². The SMILES string of the molecule is C[C@@H]1CN(CCO[C@H]2CC[C@H](N3C(=S)N(c4cnc(C#N)c(Cl)c4)C(=O)C3(C)C)CC2)C[C@H](C)N1CC(=O)Nc1cccc2c(C3CCC(=O)NC3=O)nn(C)c12. The molecule has 0 bridgehead atoms. The predicted molar refractivity (Wildman–Crippen MR) is 218 cm³/mol. The van der Waals surface area contributed by atoms with Crippen molar-refractivity contribution in [2.45, 2.75) is 102 Å². The van der Waals surface area contributed by atoms with Crippen molar-refractivity contribution >= 4 is 74.8 Å². The molecule has 0 radical (unpaired) electrons. The number of piperidine rings is 1. The van der Waals surface area contributed by atoms with Gasteiger partial charge in [-0.3, -0.25) is 43.9 Å². The average molecular weight is 817 g/mol. The molecule has 57 heavy (non-hydrogen) atoms. The number of nitriles is 1. The molecule has 4 fully saturated rings. The van der Waals surface area contributed by atoms with Crippen LogP contribution in [0, 0.1) is 11.3 Å². The molecule has 3 saturated heterocycles. The highest BCUT2D eigenvalue weighted by Crippen LogP contribution is 2.39. The fourth-order valence-corrected chi connectivity index (χ4v) is 9.86. The molecule has 15 nitrogen and oxygen atoms in total. The Morgan fingerprint density at radius 1 is 1.12 bits per heavy atom. The number of halogens is 1. The van der Waals surface area contributed by atoms with E-state index < -0.39 is 11.5 Å². The van der Waals surface area contributed by atoms with E-state index in [2.05, 4.69) is 49.3 Å². The van der Waals surface area contributed by atoms with Crippen LogP contribution in [0.2, 0.25) is 5.02 Å². The summed E-state index contributed by atoms with van der Waals surface area (Å²) in [5.41, 5.74) is 1.68. The Bertz CT molecular complexity index is 2130. The van der Waals surface area contributed by atoms with Crippen LogP contribution < -0.4 is 15.5 Å². The molecule has 4 amide bonds. The summed E-state index contributed by atoms with van der Waals surface area (Å²) in [4.78, 5) is 63.7. The van der Waals surface area contributed by atoms with Crippen LogP contribution in [-0.4, -0.2) is 121 Å². The van der Waals surface area contributed by atoms with Crippen LogP contribution in [0.4, 0.5) is 11.4 Å². The maximum atomic E-state index is 13.6. The number of amides is 4. The van der Waals surface area contributed by atoms with Crippen LogP contribution in [-0.2, 0) is 31.0 Å². The minimum atomic E-state index is -0.845. The number of rotatable bonds is 10. The standard InChI is InChI=1S/C40H49ClN10O5S/c1-23-20-48(15-16-56-27-11-9-25(10-12-27)51-39(57)50(38(55)40(51,3)4)26-17-30(41)32(18-42)43-19-26)21-24(2)49(23)22-34(53)44-31-8-6-7-28-35(46-47(5)36(28)31)29-13-14-33(52)45-37(29)54/h6-8,17,19,23-25,27,29H,9-16,20-22H2,1-5H3,(H,44,53)(H,45,52,54)/t23-,24+,25-,27-,29?. The number of aromatic nitrogens is 3. The topological polar surface area (TPSA) is 169 Å². The highest BCUT2D eigenvalue weighted by Gasteiger charge is 2.52. The number of para-hydroxylation sites is 1. The van der Waals surface area contributed by atoms with E-state index in [1.54, 1.807) is 17.8 Å². The molecule has 4 aliphatic rings. The van der Waals surface area contributed by atoms with Crippen LogP contribution >= 0.6 is 23.8 Å². The van der Waals surface area contributed by atoms with Crippen molar-refractivity contribution in [2.75, 3.05) is 43.0 Å². The molecular formula is C40H49ClN10O5S. The van der Waals surface area contributed by atoms with Gasteiger partial charge in [0.15, 0.2) is 10.8 Å². The third-order valence-electron chi connectivity index (χ3n) is 11.9. The number of hydrogen-bond donors (Lipinski definition) is 2. The molecule has 3 aliphatic heterocycles. The lowest BCUT2D eigenvalue weighted by Gasteiger charge is -2.44. The number of pyridine rings is 1. The molecule has 3 aromatic rings. The fourth-order valence-electron chi connectivity index (χ4n) is 9.09. The first-order valence-electron chi connectivity index (χ1n) is 19.6. The normalized spacial score (nSPS) is 25.9. The van der Waals surface area contributed by atoms with Crippen molar-refractivity contribution in [1.29, 1.82) is 5.26 Å². The molecule has 1 aromatic carbocycles. The quantitative estimate of drug-likeness (QED) is 0.223. The Balaban J connectivity index is 0.876. The summed E-state index contributed by atoms with van der Waals surface area (Å²) in [5, 5.41) is 20.8. The number of imide groups is 1. The van der Waals surface area contributed by atoms with Gasteiger partial charge in [0.25, 0.3) is 5.91 Å². The molecular weight excluding hydrogens is 768 g/mol. The molecule has 0 spiro atoms. The lowest BCUT2D eigenvalue weighted by Crippen LogP contribution is -2.58. The minimum Gasteiger partial charge on any atom is -0.377 e. The van der Waals surface area contributed by atoms with E-state index in [1.165, 1.54) is 11.1 Å². The van der Waals surface area contributed by atoms with Crippen LogP contribution in [0.25, 0.3) is 10.9 Å². The number of thiocarbonyl (C=S) groups is 1. The summed E-state index contributed by atoms with van der Waals surface area (Å²) in [6.45, 7) is 11.3. The first kappa shape index (κ1) is 40.7. The lowest BCUT2D eigenvalue weighted by molar-refractivity contribution is -0.134. The summed E-state index contributed by atoms with van der Waals surface area (Å²) in [6.07, 6.45) is 5.65. The molecule has 2 aromatic heterocycles. The van der Waals surface area contributed by atoms with Gasteiger partial charge >= 0.3 is 0 Å². The summed E-state index contributed by atoms with van der Waals surface area (Å²) >= 11 is 12.1. The van der Waals surface area contributed by atoms with Crippen LogP contribution in [0.5, 0.6) is 0 Å². The zero-order valence-corrected chi connectivity index (χ0v) is 34.5. The lowest BCUT2D eigenvalue weighted by atomic mass is 9.89. The summed E-state index contributed by atoms with van der Waals surface area (Å²) in [7, 11) is 1.79. The second-order valence-electron chi connectivity index (χ2n) is 16.2. The number of carbonyl (C=O) groups is 4. The number of benzene rings is 1. The van der Waals surface area contributed by atoms with Gasteiger partial charge in [0.1, 0.15) is 11.6 Å². The van der Waals surface area contributed by atoms with Gasteiger partial charge in [-0.25, -0.2) is 4.98 Å². The number of anilines is 2. The first-order chi connectivity index (χ1) is 27.2. The second kappa shape index (κ2) is 16.4. The molecule has 5 heterocycles. The van der Waals surface area contributed by atoms with E-state index in [-0.39, 0.29) is 71.5 Å². The summed E-state index contributed by atoms with van der Waals surface area (Å²) in [5.74, 6) is -1.41. The number of nitrogens with zero attached hydrogens (tertiary/aromatic N) is 8. The van der Waals surface area contributed by atoms with Crippen LogP contribution in [0.15, 0.2) is 30.5 Å². The van der Waals surface area contributed by atoms with Gasteiger partial charge in [-0.2, -0.15) is 10.4 Å². The van der Waals surface area contributed by atoms with Crippen molar-refractivity contribution in [2.24, 2.45) is 7.05 Å². The van der Waals surface area contributed by atoms with Gasteiger partial charge in [0, 0.05) is 56.6 Å². The number of hydrogen-bond acceptors (Lipinski definition) is 11. The highest BCUT2D eigenvalue weighted by molar-refractivity contribution is 7.80. The van der Waals surface area contributed by atoms with E-state index in [0.29, 0.717) is 35.2 Å². The third-order valence-corrected chi connectivity index (χ3v) is 12.6. The average Bonchev–Trinajstić information content (AvgIpc) is 3.58. The first-order valence-corrected chi connectivity index (χ1v) is 20.4. The molecule has 1 saturated carbocycles. The number of piperazine rings is 1. The van der Waals surface area contributed by atoms with Gasteiger partial charge in [0.2, 0.25) is 17.7 Å². The predicted octanol–water partition coefficient (Wildman–Crippen LogP) is 4.09. The van der Waals surface area contributed by atoms with Gasteiger partial charge in [0.05, 0.1) is 59.0 Å². The molecule has 1 unspecified atom stereocenters. The number of carbonyl (C=O) groups excluding carboxylic acids is 4. The van der Waals surface area contributed by atoms with Gasteiger partial charge in [-0.15, -0.1) is 0 Å². The van der Waals surface area contributed by atoms with Gasteiger partial charge in [-0.05, 0) is 84.1 Å². The van der Waals surface area contributed by atoms with Crippen LogP contribution in [0.1, 0.15) is 83.5 Å². The van der Waals surface area contributed by atoms with Crippen molar-refractivity contribution < 1.29 is 23.9 Å². The Morgan fingerprint density at radius 3 is 2.51 bits per heavy atom. The molecule has 2 N–H and O–H groups in total. The number of fused-ring (bicyclic) bond motifs is 1. The number of ether oxygens (including phenoxy) is 1. The molecule has 17 heteroatoms. The maximum absolute atomic E-state index is 13.6. The zero-order valence-electron chi connectivity index (χ0n) is 33.0. The molecule has 302 valence electrons. The smallest absolute Gasteiger partial charge is 0.258 e. The van der Waals surface area contributed by atoms with Crippen molar-refractivity contribution in [1.82, 2.24) is 34.8 Å². The molecule has 7 rings (SSSR count). The van der Waals surface area contributed by atoms with E-state index >= 15 is 0 Å². The molecule has 3 atom stereocenters.